The van der Waals surface area contributed by atoms with E-state index in [1.165, 1.54) is 0 Å². The van der Waals surface area contributed by atoms with Crippen LogP contribution in [0.3, 0.4) is 0 Å². The number of aryl methyl sites for hydroxylation is 3. The summed E-state index contributed by atoms with van der Waals surface area (Å²) in [6.07, 6.45) is 5.53. The van der Waals surface area contributed by atoms with Crippen molar-refractivity contribution in [1.29, 1.82) is 0 Å². The number of carbonyl (C=O) groups excluding carboxylic acids is 1. The molecule has 9 heteroatoms. The summed E-state index contributed by atoms with van der Waals surface area (Å²) in [6.45, 7) is 5.42. The van der Waals surface area contributed by atoms with Crippen molar-refractivity contribution in [2.24, 2.45) is 7.05 Å². The molecule has 4 heterocycles. The number of rotatable bonds is 3. The third-order valence-electron chi connectivity index (χ3n) is 4.88. The molecule has 0 aliphatic carbocycles. The van der Waals surface area contributed by atoms with Gasteiger partial charge in [-0.25, -0.2) is 4.98 Å². The second-order valence-electron chi connectivity index (χ2n) is 6.74. The number of nitrogens with one attached hydrogen (secondary N) is 1. The molecule has 0 bridgehead atoms. The lowest BCUT2D eigenvalue weighted by molar-refractivity contribution is 0.0927. The Morgan fingerprint density at radius 1 is 1.31 bits per heavy atom. The zero-order valence-electron chi connectivity index (χ0n) is 15.2. The monoisotopic (exact) mass is 354 g/mol. The quantitative estimate of drug-likeness (QED) is 0.750. The summed E-state index contributed by atoms with van der Waals surface area (Å²) >= 11 is 0. The van der Waals surface area contributed by atoms with Crippen molar-refractivity contribution < 1.29 is 4.79 Å². The number of aromatic nitrogens is 6. The van der Waals surface area contributed by atoms with Crippen molar-refractivity contribution in [3.63, 3.8) is 0 Å². The van der Waals surface area contributed by atoms with Gasteiger partial charge in [-0.15, -0.1) is 10.2 Å². The van der Waals surface area contributed by atoms with Crippen LogP contribution in [0.25, 0.3) is 5.65 Å². The van der Waals surface area contributed by atoms with Gasteiger partial charge in [0.15, 0.2) is 5.82 Å². The van der Waals surface area contributed by atoms with Gasteiger partial charge < -0.3 is 10.2 Å². The number of nitrogens with zero attached hydrogens (tertiary/aromatic N) is 7. The average molecular weight is 354 g/mol. The zero-order chi connectivity index (χ0) is 18.3. The van der Waals surface area contributed by atoms with Crippen LogP contribution in [-0.2, 0) is 7.05 Å². The minimum atomic E-state index is -0.134. The zero-order valence-corrected chi connectivity index (χ0v) is 15.2. The van der Waals surface area contributed by atoms with Crippen LogP contribution in [0.15, 0.2) is 18.5 Å². The fraction of sp³-hybridized carbons (Fsp3) is 0.471. The number of fused-ring (bicyclic) bond motifs is 1. The minimum absolute atomic E-state index is 0.0460. The standard InChI is InChI=1S/C17H22N8O/c1-11-9-14(22-23(11)3)17(26)19-13-5-4-7-24(10-13)15-16-21-20-12(2)25(16)8-6-18-15/h6,8-9,13H,4-5,7,10H2,1-3H3,(H,19,26). The van der Waals surface area contributed by atoms with Gasteiger partial charge in [0.1, 0.15) is 11.5 Å². The highest BCUT2D eigenvalue weighted by molar-refractivity contribution is 5.92. The van der Waals surface area contributed by atoms with Gasteiger partial charge in [-0.2, -0.15) is 5.10 Å². The molecule has 1 saturated heterocycles. The van der Waals surface area contributed by atoms with E-state index in [4.69, 9.17) is 0 Å². The van der Waals surface area contributed by atoms with E-state index >= 15 is 0 Å². The summed E-state index contributed by atoms with van der Waals surface area (Å²) in [6, 6.07) is 1.85. The maximum atomic E-state index is 12.5. The second kappa shape index (κ2) is 6.40. The van der Waals surface area contributed by atoms with E-state index < -0.39 is 0 Å². The van der Waals surface area contributed by atoms with Gasteiger partial charge in [-0.3, -0.25) is 13.9 Å². The summed E-state index contributed by atoms with van der Waals surface area (Å²) in [4.78, 5) is 19.2. The smallest absolute Gasteiger partial charge is 0.272 e. The SMILES string of the molecule is Cc1cc(C(=O)NC2CCCN(c3nccn4c(C)nnc34)C2)nn1C. The van der Waals surface area contributed by atoms with Crippen LogP contribution < -0.4 is 10.2 Å². The molecule has 1 fully saturated rings. The third kappa shape index (κ3) is 2.89. The molecule has 1 unspecified atom stereocenters. The van der Waals surface area contributed by atoms with Gasteiger partial charge in [0.2, 0.25) is 5.65 Å². The molecule has 3 aromatic rings. The summed E-state index contributed by atoms with van der Waals surface area (Å²) < 4.78 is 3.64. The van der Waals surface area contributed by atoms with Crippen molar-refractivity contribution in [2.45, 2.75) is 32.7 Å². The molecule has 1 N–H and O–H groups in total. The van der Waals surface area contributed by atoms with Crippen LogP contribution in [0, 0.1) is 13.8 Å². The number of hydrogen-bond donors (Lipinski definition) is 1. The lowest BCUT2D eigenvalue weighted by Gasteiger charge is -2.33. The molecule has 1 atom stereocenters. The summed E-state index contributed by atoms with van der Waals surface area (Å²) in [5.74, 6) is 1.50. The molecule has 136 valence electrons. The molecule has 1 aliphatic heterocycles. The summed E-state index contributed by atoms with van der Waals surface area (Å²) in [7, 11) is 1.83. The number of piperidine rings is 1. The first-order valence-corrected chi connectivity index (χ1v) is 8.75. The molecule has 4 rings (SSSR count). The van der Waals surface area contributed by atoms with E-state index in [0.29, 0.717) is 12.2 Å². The topological polar surface area (TPSA) is 93.2 Å². The Labute approximate surface area is 151 Å². The van der Waals surface area contributed by atoms with Crippen molar-refractivity contribution in [3.05, 3.63) is 35.7 Å². The number of amides is 1. The Hall–Kier alpha value is -2.97. The first-order chi connectivity index (χ1) is 12.5. The van der Waals surface area contributed by atoms with Gasteiger partial charge in [0.05, 0.1) is 0 Å². The fourth-order valence-electron chi connectivity index (χ4n) is 3.37. The van der Waals surface area contributed by atoms with Gasteiger partial charge in [-0.1, -0.05) is 0 Å². The fourth-order valence-corrected chi connectivity index (χ4v) is 3.37. The molecule has 0 aromatic carbocycles. The van der Waals surface area contributed by atoms with Crippen molar-refractivity contribution >= 4 is 17.4 Å². The summed E-state index contributed by atoms with van der Waals surface area (Å²) in [5, 5.41) is 15.7. The van der Waals surface area contributed by atoms with E-state index in [2.05, 4.69) is 30.5 Å². The molecule has 3 aromatic heterocycles. The molecule has 0 radical (unpaired) electrons. The van der Waals surface area contributed by atoms with Crippen molar-refractivity contribution in [1.82, 2.24) is 34.7 Å². The Morgan fingerprint density at radius 2 is 2.15 bits per heavy atom. The van der Waals surface area contributed by atoms with Crippen LogP contribution in [0.2, 0.25) is 0 Å². The van der Waals surface area contributed by atoms with Crippen LogP contribution in [-0.4, -0.2) is 54.4 Å². The van der Waals surface area contributed by atoms with Crippen molar-refractivity contribution in [2.75, 3.05) is 18.0 Å². The Balaban J connectivity index is 1.51. The normalized spacial score (nSPS) is 17.7. The van der Waals surface area contributed by atoms with E-state index in [0.717, 1.165) is 42.4 Å². The third-order valence-corrected chi connectivity index (χ3v) is 4.88. The molecular formula is C17H22N8O. The average Bonchev–Trinajstić information content (AvgIpc) is 3.18. The highest BCUT2D eigenvalue weighted by Gasteiger charge is 2.25. The van der Waals surface area contributed by atoms with Gasteiger partial charge in [0.25, 0.3) is 5.91 Å². The molecular weight excluding hydrogens is 332 g/mol. The Morgan fingerprint density at radius 3 is 2.92 bits per heavy atom. The van der Waals surface area contributed by atoms with Gasteiger partial charge >= 0.3 is 0 Å². The molecule has 0 saturated carbocycles. The molecule has 26 heavy (non-hydrogen) atoms. The second-order valence-corrected chi connectivity index (χ2v) is 6.74. The van der Waals surface area contributed by atoms with E-state index in [-0.39, 0.29) is 11.9 Å². The number of hydrogen-bond acceptors (Lipinski definition) is 6. The van der Waals surface area contributed by atoms with Crippen molar-refractivity contribution in [3.8, 4) is 0 Å². The first kappa shape index (κ1) is 16.5. The largest absolute Gasteiger partial charge is 0.351 e. The highest BCUT2D eigenvalue weighted by atomic mass is 16.2. The first-order valence-electron chi connectivity index (χ1n) is 8.75. The maximum Gasteiger partial charge on any atom is 0.272 e. The predicted molar refractivity (Wildman–Crippen MR) is 96.2 cm³/mol. The van der Waals surface area contributed by atoms with Gasteiger partial charge in [-0.05, 0) is 32.8 Å². The van der Waals surface area contributed by atoms with Crippen LogP contribution in [0.4, 0.5) is 5.82 Å². The van der Waals surface area contributed by atoms with E-state index in [1.54, 1.807) is 16.9 Å². The molecule has 0 spiro atoms. The molecule has 9 nitrogen and oxygen atoms in total. The minimum Gasteiger partial charge on any atom is -0.351 e. The van der Waals surface area contributed by atoms with E-state index in [1.807, 2.05) is 31.5 Å². The number of anilines is 1. The highest BCUT2D eigenvalue weighted by Crippen LogP contribution is 2.22. The Kier molecular flexibility index (Phi) is 4.06. The summed E-state index contributed by atoms with van der Waals surface area (Å²) in [5.41, 5.74) is 2.16. The van der Waals surface area contributed by atoms with E-state index in [9.17, 15) is 4.79 Å². The molecule has 1 amide bonds. The maximum absolute atomic E-state index is 12.5. The Bertz CT molecular complexity index is 939. The van der Waals surface area contributed by atoms with Crippen LogP contribution in [0.1, 0.15) is 34.8 Å². The van der Waals surface area contributed by atoms with Crippen LogP contribution >= 0.6 is 0 Å². The molecule has 1 aliphatic rings. The lowest BCUT2D eigenvalue weighted by atomic mass is 10.1. The predicted octanol–water partition coefficient (Wildman–Crippen LogP) is 0.873. The van der Waals surface area contributed by atoms with Gasteiger partial charge in [0, 0.05) is 44.3 Å². The van der Waals surface area contributed by atoms with Crippen LogP contribution in [0.5, 0.6) is 0 Å². The number of carbonyl (C=O) groups is 1. The lowest BCUT2D eigenvalue weighted by Crippen LogP contribution is -2.48.